The predicted octanol–water partition coefficient (Wildman–Crippen LogP) is 24.7. The van der Waals surface area contributed by atoms with Gasteiger partial charge in [0, 0.05) is 0 Å². The minimum Gasteiger partial charge on any atom is -0.665 e. The molecule has 0 N–H and O–H groups in total. The van der Waals surface area contributed by atoms with Gasteiger partial charge >= 0.3 is 39.0 Å². The maximum Gasteiger partial charge on any atom is 6.00 e. The molecule has 0 fully saturated rings. The maximum absolute atomic E-state index is 4.67. The van der Waals surface area contributed by atoms with Crippen LogP contribution in [0, 0.1) is 0 Å². The number of thiocarbonyl (C=S) groups is 1. The summed E-state index contributed by atoms with van der Waals surface area (Å²) in [5.74, 6) is 0. The molecule has 12 heterocycles. The number of hydrogen-bond donors (Lipinski definition) is 0. The zero-order valence-electron chi connectivity index (χ0n) is 64.9. The second-order valence-electron chi connectivity index (χ2n) is 27.4. The largest absolute Gasteiger partial charge is 6.00 e. The summed E-state index contributed by atoms with van der Waals surface area (Å²) in [6.07, 6.45) is 65.2. The minimum atomic E-state index is 0. The summed E-state index contributed by atoms with van der Waals surface area (Å²) in [6.45, 7) is 0. The Bertz CT molecular complexity index is 5990. The first-order valence-electron chi connectivity index (χ1n) is 38.8. The molecule has 0 saturated carbocycles. The molecule has 0 spiro atoms. The number of hydrogen-bond acceptors (Lipinski definition) is 2. The van der Waals surface area contributed by atoms with Crippen LogP contribution >= 0.6 is 12.2 Å². The van der Waals surface area contributed by atoms with Gasteiger partial charge in [-0.05, 0) is 127 Å². The van der Waals surface area contributed by atoms with Crippen LogP contribution in [0.1, 0.15) is 33.4 Å². The Balaban J connectivity index is 0.000000115. The van der Waals surface area contributed by atoms with Gasteiger partial charge in [0.25, 0.3) is 0 Å². The maximum atomic E-state index is 4.67. The standard InChI is InChI=1S/3C24H16N2.C13H7N3S.2C10H8N2.2Ru/c3*1-3-7-17(8-4-1)19-13-15-25-23-21(19)11-12-22-20(14-16-26-24(22)23)18-9-5-2-6-10-18;17-8-16-11-7-9-3-1-5-14-12(9)13-10(11)4-2-6-15-13;2*1-3-7-11-9(5-1)10-6-2-4-8-12-10;;/h3*1-16H;1-7H;2*1-8H;;/q6*-2;2*+6. The van der Waals surface area contributed by atoms with Crippen LogP contribution in [0.2, 0.25) is 0 Å². The zero-order valence-corrected chi connectivity index (χ0v) is 69.2. The molecule has 0 saturated heterocycles. The van der Waals surface area contributed by atoms with E-state index in [1.807, 2.05) is 177 Å². The van der Waals surface area contributed by atoms with Crippen LogP contribution in [-0.2, 0) is 39.0 Å². The van der Waals surface area contributed by atoms with Gasteiger partial charge in [0.1, 0.15) is 0 Å². The first-order valence-corrected chi connectivity index (χ1v) is 39.2. The molecule has 121 heavy (non-hydrogen) atoms. The second-order valence-corrected chi connectivity index (χ2v) is 27.5. The topological polar surface area (TPSA) is 182 Å². The SMILES string of the molecule is C1=CC(c2ccccc2)=c2ccc3c(c2[N-]1)[N-]C=CC=3c1ccccc1.C1=CC(c2ccccc2)=c2ccc3c(c2[N-]1)[N-]C=CC=3c1ccccc1.C1=CC(c2ccccc2)=c2ccc3c(c2[N-]1)[N-]C=CC=3c1ccccc1.C1=C[N-]C(=C2C=CC=C[N-]2)C=C1.C1=C[N-]C(=C2C=CC=C[N-]2)C=C1.S=C=Nc1cc2c(c3c1=CC=C[N-]3)[N-]C=CC=2.[Ru+6].[Ru+6]. The Hall–Kier alpha value is -14.9. The van der Waals surface area contributed by atoms with Crippen molar-refractivity contribution in [3.8, 4) is 0 Å². The van der Waals surface area contributed by atoms with E-state index in [0.717, 1.165) is 116 Å². The van der Waals surface area contributed by atoms with Gasteiger partial charge in [0.15, 0.2) is 0 Å². The summed E-state index contributed by atoms with van der Waals surface area (Å²) in [6, 6.07) is 77.5. The third-order valence-electron chi connectivity index (χ3n) is 20.2. The average Bonchev–Trinajstić information content (AvgIpc) is 0.766. The van der Waals surface area contributed by atoms with E-state index in [1.54, 1.807) is 37.2 Å². The van der Waals surface area contributed by atoms with E-state index in [9.17, 15) is 0 Å². The van der Waals surface area contributed by atoms with Crippen molar-refractivity contribution >= 4 is 114 Å². The molecular weight excluding hydrogens is 1680 g/mol. The van der Waals surface area contributed by atoms with E-state index >= 15 is 0 Å². The Labute approximate surface area is 734 Å². The summed E-state index contributed by atoms with van der Waals surface area (Å²) in [7, 11) is 0. The Morgan fingerprint density at radius 1 is 0.215 bits per heavy atom. The number of rotatable bonds is 7. The van der Waals surface area contributed by atoms with Crippen LogP contribution in [0.3, 0.4) is 0 Å². The molecule has 16 heteroatoms. The van der Waals surface area contributed by atoms with E-state index in [1.165, 1.54) is 66.8 Å². The second kappa shape index (κ2) is 39.8. The van der Waals surface area contributed by atoms with Crippen molar-refractivity contribution in [3.63, 3.8) is 0 Å². The van der Waals surface area contributed by atoms with Crippen LogP contribution in [0.4, 0.5) is 51.2 Å². The Morgan fingerprint density at radius 3 is 0.686 bits per heavy atom. The van der Waals surface area contributed by atoms with E-state index in [-0.39, 0.29) is 39.0 Å². The summed E-state index contributed by atoms with van der Waals surface area (Å²) in [5.41, 5.74) is 26.1. The fraction of sp³-hybridized carbons (Fsp3) is 0. The summed E-state index contributed by atoms with van der Waals surface area (Å²) >= 11 is 4.67. The molecule has 13 nitrogen and oxygen atoms in total. The van der Waals surface area contributed by atoms with E-state index in [2.05, 4.69) is 305 Å². The Morgan fingerprint density at radius 2 is 0.446 bits per heavy atom. The molecular formula is C105H71N13Ru2S. The van der Waals surface area contributed by atoms with Gasteiger partial charge < -0.3 is 63.8 Å². The van der Waals surface area contributed by atoms with Gasteiger partial charge in [0.05, 0.1) is 10.8 Å². The fourth-order valence-corrected chi connectivity index (χ4v) is 14.8. The van der Waals surface area contributed by atoms with Crippen LogP contribution in [0.25, 0.3) is 109 Å². The van der Waals surface area contributed by atoms with E-state index in [4.69, 9.17) is 0 Å². The van der Waals surface area contributed by atoms with E-state index < -0.39 is 0 Å². The van der Waals surface area contributed by atoms with Gasteiger partial charge in [-0.2, -0.15) is 102 Å². The molecule has 0 unspecified atom stereocenters. The number of allylic oxidation sites excluding steroid dienone is 20. The molecule has 10 aromatic carbocycles. The molecule has 0 aromatic heterocycles. The first kappa shape index (κ1) is 81.3. The van der Waals surface area contributed by atoms with Gasteiger partial charge in [-0.3, -0.25) is 0 Å². The molecule has 578 valence electrons. The van der Waals surface area contributed by atoms with Crippen molar-refractivity contribution < 1.29 is 39.0 Å². The van der Waals surface area contributed by atoms with Crippen molar-refractivity contribution in [2.45, 2.75) is 0 Å². The number of fused-ring (bicyclic) bond motifs is 12. The average molecular weight is 1750 g/mol. The first-order chi connectivity index (χ1) is 59.1. The molecule has 12 aliphatic rings. The smallest absolute Gasteiger partial charge is 0.665 e. The van der Waals surface area contributed by atoms with Crippen molar-refractivity contribution in [1.82, 2.24) is 0 Å². The predicted molar refractivity (Wildman–Crippen MR) is 498 cm³/mol. The fourth-order valence-electron chi connectivity index (χ4n) is 14.7. The van der Waals surface area contributed by atoms with Crippen molar-refractivity contribution in [3.05, 3.63) is 582 Å². The van der Waals surface area contributed by atoms with Crippen LogP contribution in [0.15, 0.2) is 448 Å². The van der Waals surface area contributed by atoms with Crippen molar-refractivity contribution in [2.75, 3.05) is 0 Å². The van der Waals surface area contributed by atoms with Crippen LogP contribution in [0.5, 0.6) is 0 Å². The molecule has 22 rings (SSSR count). The van der Waals surface area contributed by atoms with Crippen molar-refractivity contribution in [2.24, 2.45) is 4.99 Å². The molecule has 10 aromatic rings. The van der Waals surface area contributed by atoms with Gasteiger partial charge in [-0.15, -0.1) is 45.5 Å². The third-order valence-corrected chi connectivity index (χ3v) is 20.3. The number of benzene rings is 10. The molecule has 0 radical (unpaired) electrons. The van der Waals surface area contributed by atoms with Crippen LogP contribution in [-0.4, -0.2) is 5.16 Å². The summed E-state index contributed by atoms with van der Waals surface area (Å²) in [4.78, 5) is 4.08. The minimum absolute atomic E-state index is 0. The number of aliphatic imine (C=N–C) groups is 1. The number of nitrogens with zero attached hydrogens (tertiary/aromatic N) is 13. The zero-order chi connectivity index (χ0) is 80.2. The summed E-state index contributed by atoms with van der Waals surface area (Å²) in [5, 5.41) is 64.6. The van der Waals surface area contributed by atoms with E-state index in [0.29, 0.717) is 0 Å². The summed E-state index contributed by atoms with van der Waals surface area (Å²) < 4.78 is 0. The Kier molecular flexibility index (Phi) is 26.8. The quantitative estimate of drug-likeness (QED) is 0.0860. The van der Waals surface area contributed by atoms with Crippen molar-refractivity contribution in [1.29, 1.82) is 0 Å². The van der Waals surface area contributed by atoms with Crippen LogP contribution < -0.4 is 41.7 Å². The van der Waals surface area contributed by atoms with Gasteiger partial charge in [0.2, 0.25) is 0 Å². The van der Waals surface area contributed by atoms with Gasteiger partial charge in [-0.25, -0.2) is 0 Å². The normalized spacial score (nSPS) is 16.2. The number of isothiocyanates is 1. The van der Waals surface area contributed by atoms with Gasteiger partial charge in [-0.1, -0.05) is 352 Å². The molecule has 0 bridgehead atoms. The third kappa shape index (κ3) is 18.6. The monoisotopic (exact) mass is 1750 g/mol. The molecule has 12 aliphatic heterocycles. The molecule has 0 amide bonds. The molecule has 0 atom stereocenters. The molecule has 0 aliphatic carbocycles.